The quantitative estimate of drug-likeness (QED) is 0.0308. The van der Waals surface area contributed by atoms with Gasteiger partial charge < -0.3 is 87.0 Å². The molecule has 1 atom stereocenters. The van der Waals surface area contributed by atoms with Crippen molar-refractivity contribution in [2.75, 3.05) is 79.3 Å². The molecule has 120 heavy (non-hydrogen) atoms. The lowest BCUT2D eigenvalue weighted by molar-refractivity contribution is -0.275. The van der Waals surface area contributed by atoms with Gasteiger partial charge >= 0.3 is 65.7 Å². The highest BCUT2D eigenvalue weighted by Gasteiger charge is 2.45. The van der Waals surface area contributed by atoms with Gasteiger partial charge in [0.15, 0.2) is 11.6 Å². The second kappa shape index (κ2) is 48.6. The van der Waals surface area contributed by atoms with Crippen LogP contribution in [0.1, 0.15) is 202 Å². The number of hydrogen-bond donors (Lipinski definition) is 3. The molecule has 3 aromatic rings. The number of nitrogens with zero attached hydrogens (tertiary/aromatic N) is 9. The fourth-order valence-electron chi connectivity index (χ4n) is 10.3. The Morgan fingerprint density at radius 2 is 0.683 bits per heavy atom. The van der Waals surface area contributed by atoms with E-state index in [2.05, 4.69) is 94.7 Å². The van der Waals surface area contributed by atoms with Gasteiger partial charge in [-0.05, 0) is 82.6 Å². The number of aromatic nitrogens is 9. The number of hydrogen-bond acceptors (Lipinski definition) is 36. The lowest BCUT2D eigenvalue weighted by Gasteiger charge is -2.43. The molecule has 670 valence electrons. The predicted octanol–water partition coefficient (Wildman–Crippen LogP) is 4.21. The summed E-state index contributed by atoms with van der Waals surface area (Å²) in [6.45, 7) is 14.6. The molecular weight excluding hydrogens is 1790 g/mol. The Hall–Kier alpha value is -9.05. The molecule has 2 saturated heterocycles. The first kappa shape index (κ1) is 102. The number of carbonyl (C=O) groups is 15. The minimum Gasteiger partial charge on any atom is -0.466 e. The highest BCUT2D eigenvalue weighted by Crippen LogP contribution is 2.28. The Morgan fingerprint density at radius 3 is 1.01 bits per heavy atom. The number of ketones is 1. The van der Waals surface area contributed by atoms with E-state index in [0.29, 0.717) is 43.7 Å². The van der Waals surface area contributed by atoms with Gasteiger partial charge in [0.2, 0.25) is 17.7 Å². The SMILES string of the molecule is CCOC(=O)CCC(=O)OCC(CCC(=O)CCC(=O)OCC1(NC(=O)CCC(=O)OCc2cn(CCCOC(=O)C(C)(C)Br)nn2)COC(C)(C)OC1)(COC(=O)CCC(=O)OCC1(NC(=O)CCC(=O)OCc2cn(CCCOC(=O)C(C)(C)Br)nn2)COC(C)(C)OC1)NC(=O)CCC(=O)OCc1cn(CCCOC(=O)C(C)(C)Br)nn1. The summed E-state index contributed by atoms with van der Waals surface area (Å²) in [5, 5.41) is 32.0. The first-order valence-corrected chi connectivity index (χ1v) is 41.2. The van der Waals surface area contributed by atoms with Crippen molar-refractivity contribution in [1.82, 2.24) is 60.9 Å². The van der Waals surface area contributed by atoms with E-state index >= 15 is 0 Å². The number of rotatable bonds is 54. The summed E-state index contributed by atoms with van der Waals surface area (Å²) in [4.78, 5) is 196. The lowest BCUT2D eigenvalue weighted by Crippen LogP contribution is -2.63. The third-order valence-electron chi connectivity index (χ3n) is 17.2. The molecule has 2 aliphatic rings. The van der Waals surface area contributed by atoms with Crippen molar-refractivity contribution in [3.8, 4) is 0 Å². The first-order chi connectivity index (χ1) is 56.3. The molecule has 2 aliphatic heterocycles. The van der Waals surface area contributed by atoms with Crippen LogP contribution in [0.4, 0.5) is 0 Å². The van der Waals surface area contributed by atoms with Crippen LogP contribution in [0, 0.1) is 0 Å². The van der Waals surface area contributed by atoms with Crippen LogP contribution in [0.25, 0.3) is 0 Å². The Bertz CT molecular complexity index is 3780. The van der Waals surface area contributed by atoms with Crippen LogP contribution in [-0.4, -0.2) is 255 Å². The van der Waals surface area contributed by atoms with Crippen LogP contribution in [0.5, 0.6) is 0 Å². The molecule has 0 radical (unpaired) electrons. The van der Waals surface area contributed by atoms with Crippen molar-refractivity contribution < 1.29 is 143 Å². The average molecular weight is 1900 g/mol. The molecule has 0 aliphatic carbocycles. The van der Waals surface area contributed by atoms with Gasteiger partial charge in [-0.15, -0.1) is 15.3 Å². The molecule has 5 rings (SSSR count). The van der Waals surface area contributed by atoms with Gasteiger partial charge in [-0.3, -0.25) is 86.0 Å². The van der Waals surface area contributed by atoms with E-state index in [1.165, 1.54) is 20.2 Å². The Balaban J connectivity index is 1.23. The van der Waals surface area contributed by atoms with Crippen molar-refractivity contribution in [2.45, 2.75) is 266 Å². The van der Waals surface area contributed by atoms with E-state index in [1.54, 1.807) is 88.6 Å². The van der Waals surface area contributed by atoms with Crippen LogP contribution < -0.4 is 16.0 Å². The molecule has 0 bridgehead atoms. The van der Waals surface area contributed by atoms with Gasteiger partial charge in [-0.25, -0.2) is 0 Å². The van der Waals surface area contributed by atoms with Crippen LogP contribution in [0.15, 0.2) is 18.6 Å². The third-order valence-corrected chi connectivity index (χ3v) is 18.2. The van der Waals surface area contributed by atoms with Crippen molar-refractivity contribution in [3.63, 3.8) is 0 Å². The molecule has 5 heterocycles. The monoisotopic (exact) mass is 1890 g/mol. The zero-order valence-electron chi connectivity index (χ0n) is 69.4. The maximum Gasteiger partial charge on any atom is 0.322 e. The number of esters is 11. The molecule has 3 amide bonds. The summed E-state index contributed by atoms with van der Waals surface area (Å²) in [6, 6.07) is 0. The second-order valence-corrected chi connectivity index (χ2v) is 36.7. The Kier molecular flexibility index (Phi) is 41.1. The predicted molar refractivity (Wildman–Crippen MR) is 420 cm³/mol. The van der Waals surface area contributed by atoms with Crippen LogP contribution in [0.2, 0.25) is 0 Å². The van der Waals surface area contributed by atoms with E-state index < -0.39 is 221 Å². The van der Waals surface area contributed by atoms with E-state index in [-0.39, 0.29) is 111 Å². The highest BCUT2D eigenvalue weighted by atomic mass is 79.9. The zero-order valence-corrected chi connectivity index (χ0v) is 74.1. The number of amides is 3. The maximum atomic E-state index is 14.1. The number of nitrogens with one attached hydrogen (secondary N) is 3. The molecule has 0 spiro atoms. The van der Waals surface area contributed by atoms with Crippen LogP contribution in [0.3, 0.4) is 0 Å². The number of Topliss-reactive ketones (excluding diaryl/α,β-unsaturated/α-hetero) is 1. The molecular formula is C75H109Br3N12O30. The summed E-state index contributed by atoms with van der Waals surface area (Å²) in [6.07, 6.45) is -1.29. The third kappa shape index (κ3) is 40.1. The molecule has 1 unspecified atom stereocenters. The summed E-state index contributed by atoms with van der Waals surface area (Å²) >= 11 is 9.73. The number of aryl methyl sites for hydroxylation is 3. The van der Waals surface area contributed by atoms with Gasteiger partial charge in [-0.1, -0.05) is 63.4 Å². The standard InChI is InChI=1S/C75H109Br3N12O30/c1-12-106-57(95)24-25-62(100)113-42-73(79-54(92)17-21-58(96)110-39-50-36-88(85-82-50)30-13-33-107-65(103)68(2,3)76,29-28-53(91)16-20-61(99)115-44-74(46-117-71(8,9)118-47-74)80-55(93)18-22-59(97)111-40-51-37-89(86-83-51)31-14-34-108-66(104)69(4,5)77)43-114-63(101)26-27-64(102)116-45-75(48-119-72(10,11)120-49-75)81-56(94)19-23-60(98)112-41-52-38-90(87-84-52)32-15-35-109-67(105)70(6,7)78/h36-38H,12-35,39-49H2,1-11H3,(H,79,92)(H,80,93)(H,81,94). The zero-order chi connectivity index (χ0) is 89.0. The van der Waals surface area contributed by atoms with E-state index in [0.717, 1.165) is 0 Å². The Labute approximate surface area is 717 Å². The molecule has 3 N–H and O–H groups in total. The molecule has 3 aromatic heterocycles. The van der Waals surface area contributed by atoms with E-state index in [4.69, 9.17) is 71.1 Å². The van der Waals surface area contributed by atoms with E-state index in [9.17, 15) is 71.9 Å². The number of halogens is 3. The Morgan fingerprint density at radius 1 is 0.392 bits per heavy atom. The van der Waals surface area contributed by atoms with Gasteiger partial charge in [0.05, 0.1) is 123 Å². The fraction of sp³-hybridized carbons (Fsp3) is 0.720. The summed E-state index contributed by atoms with van der Waals surface area (Å²) in [5.41, 5.74) is -4.18. The number of ether oxygens (including phenoxy) is 15. The van der Waals surface area contributed by atoms with Crippen molar-refractivity contribution in [2.24, 2.45) is 0 Å². The van der Waals surface area contributed by atoms with Crippen molar-refractivity contribution in [1.29, 1.82) is 0 Å². The van der Waals surface area contributed by atoms with Crippen LogP contribution >= 0.6 is 47.8 Å². The summed E-state index contributed by atoms with van der Waals surface area (Å²) in [5.74, 6) is -13.6. The largest absolute Gasteiger partial charge is 0.466 e. The van der Waals surface area contributed by atoms with E-state index in [1.807, 2.05) is 0 Å². The normalized spacial score (nSPS) is 15.2. The topological polar surface area (TPSA) is 523 Å². The lowest BCUT2D eigenvalue weighted by atomic mass is 9.92. The number of alkyl halides is 3. The smallest absolute Gasteiger partial charge is 0.322 e. The minimum absolute atomic E-state index is 0.00522. The summed E-state index contributed by atoms with van der Waals surface area (Å²) in [7, 11) is 0. The van der Waals surface area contributed by atoms with Crippen molar-refractivity contribution in [3.05, 3.63) is 35.7 Å². The van der Waals surface area contributed by atoms with Gasteiger partial charge in [0.1, 0.15) is 98.7 Å². The van der Waals surface area contributed by atoms with Gasteiger partial charge in [0, 0.05) is 71.0 Å². The van der Waals surface area contributed by atoms with Gasteiger partial charge in [0.25, 0.3) is 0 Å². The molecule has 42 nitrogen and oxygen atoms in total. The second-order valence-electron chi connectivity index (χ2n) is 30.7. The fourth-order valence-corrected chi connectivity index (χ4v) is 10.6. The molecule has 2 fully saturated rings. The average Bonchev–Trinajstić information content (AvgIpc) is 0.824. The molecule has 0 aromatic carbocycles. The number of carbonyl (C=O) groups excluding carboxylic acids is 15. The van der Waals surface area contributed by atoms with Crippen molar-refractivity contribution >= 4 is 137 Å². The molecule has 0 saturated carbocycles. The maximum absolute atomic E-state index is 14.1. The van der Waals surface area contributed by atoms with Crippen LogP contribution in [-0.2, 0) is 182 Å². The minimum atomic E-state index is -2.04. The molecule has 45 heteroatoms. The first-order valence-electron chi connectivity index (χ1n) is 38.8. The summed E-state index contributed by atoms with van der Waals surface area (Å²) < 4.78 is 84.2. The highest BCUT2D eigenvalue weighted by molar-refractivity contribution is 9.10. The van der Waals surface area contributed by atoms with Gasteiger partial charge in [-0.2, -0.15) is 0 Å².